The molecule has 0 amide bonds. The van der Waals surface area contributed by atoms with Gasteiger partial charge < -0.3 is 9.47 Å². The average Bonchev–Trinajstić information content (AvgIpc) is 3.64. The zero-order chi connectivity index (χ0) is 32.8. The van der Waals surface area contributed by atoms with Gasteiger partial charge in [0.25, 0.3) is 0 Å². The Kier molecular flexibility index (Phi) is 7.58. The van der Waals surface area contributed by atoms with Crippen molar-refractivity contribution in [2.75, 3.05) is 4.90 Å². The molecule has 0 bridgehead atoms. The summed E-state index contributed by atoms with van der Waals surface area (Å²) in [4.78, 5) is 2.53. The van der Waals surface area contributed by atoms with Gasteiger partial charge in [0.15, 0.2) is 0 Å². The fraction of sp³-hybridized carbons (Fsp3) is 0.178. The maximum Gasteiger partial charge on any atom is 0.101 e. The Hall–Kier alpha value is -5.59. The molecule has 0 fully saturated rings. The highest BCUT2D eigenvalue weighted by atomic mass is 15.2. The average molecular weight is 622 g/mol. The van der Waals surface area contributed by atoms with Gasteiger partial charge in [0.2, 0.25) is 0 Å². The third-order valence-corrected chi connectivity index (χ3v) is 10.2. The first-order valence-corrected chi connectivity index (χ1v) is 17.1. The number of fused-ring (bicyclic) bond motifs is 6. The minimum Gasteiger partial charge on any atom is -0.333 e. The highest BCUT2D eigenvalue weighted by molar-refractivity contribution is 5.91. The molecule has 234 valence electrons. The molecular formula is C45H39N3. The number of hydrogen-bond acceptors (Lipinski definition) is 2. The number of para-hydroxylation sites is 3. The summed E-state index contributed by atoms with van der Waals surface area (Å²) in [7, 11) is 0. The van der Waals surface area contributed by atoms with E-state index in [0.717, 1.165) is 35.2 Å². The van der Waals surface area contributed by atoms with Crippen molar-refractivity contribution in [2.24, 2.45) is 5.92 Å². The Morgan fingerprint density at radius 2 is 1.62 bits per heavy atom. The van der Waals surface area contributed by atoms with E-state index in [1.54, 1.807) is 0 Å². The molecule has 2 aliphatic carbocycles. The predicted molar refractivity (Wildman–Crippen MR) is 202 cm³/mol. The van der Waals surface area contributed by atoms with E-state index < -0.39 is 0 Å². The molecule has 1 aliphatic heterocycles. The minimum absolute atomic E-state index is 0.252. The molecule has 2 unspecified atom stereocenters. The van der Waals surface area contributed by atoms with E-state index in [2.05, 4.69) is 170 Å². The summed E-state index contributed by atoms with van der Waals surface area (Å²) in [6.07, 6.45) is 20.1. The molecule has 5 aromatic rings. The van der Waals surface area contributed by atoms with Crippen molar-refractivity contribution >= 4 is 39.5 Å². The lowest BCUT2D eigenvalue weighted by Crippen LogP contribution is -2.29. The predicted octanol–water partition coefficient (Wildman–Crippen LogP) is 11.3. The molecule has 1 aromatic heterocycles. The molecule has 2 atom stereocenters. The van der Waals surface area contributed by atoms with Gasteiger partial charge in [-0.05, 0) is 89.9 Å². The number of allylic oxidation sites excluding steroid dienone is 7. The van der Waals surface area contributed by atoms with Gasteiger partial charge in [-0.2, -0.15) is 5.26 Å². The number of nitrogens with zero attached hydrogens (tertiary/aromatic N) is 3. The number of benzene rings is 4. The summed E-state index contributed by atoms with van der Waals surface area (Å²) in [6.45, 7) is 6.74. The highest BCUT2D eigenvalue weighted by Gasteiger charge is 2.38. The smallest absolute Gasteiger partial charge is 0.101 e. The lowest BCUT2D eigenvalue weighted by Gasteiger charge is -2.31. The first-order valence-electron chi connectivity index (χ1n) is 17.1. The van der Waals surface area contributed by atoms with Crippen LogP contribution in [-0.4, -0.2) is 10.6 Å². The van der Waals surface area contributed by atoms with Crippen molar-refractivity contribution in [1.29, 1.82) is 5.26 Å². The van der Waals surface area contributed by atoms with Crippen LogP contribution >= 0.6 is 0 Å². The Morgan fingerprint density at radius 1 is 0.854 bits per heavy atom. The van der Waals surface area contributed by atoms with Crippen LogP contribution in [0.3, 0.4) is 0 Å². The maximum atomic E-state index is 10.2. The van der Waals surface area contributed by atoms with E-state index in [-0.39, 0.29) is 6.04 Å². The van der Waals surface area contributed by atoms with Gasteiger partial charge in [-0.1, -0.05) is 117 Å². The van der Waals surface area contributed by atoms with Crippen molar-refractivity contribution in [2.45, 2.75) is 45.6 Å². The van der Waals surface area contributed by atoms with E-state index in [4.69, 9.17) is 0 Å². The molecule has 3 heteroatoms. The standard InChI is InChI=1S/C45H39N3/c1-30(2)34(35-14-4-9-19-40(35)47-41-20-10-5-15-36(41)37-16-6-11-21-42(37)47)27-24-31(3)32-25-26-33(29-46)45(28-32)48-43-22-12-7-17-38(43)39-18-8-13-23-44(39)48/h4-7,9-17,19-28,30,36,41H,8,18H2,1-3H3/b31-24+,34-27+. The second-order valence-electron chi connectivity index (χ2n) is 13.4. The fourth-order valence-electron chi connectivity index (χ4n) is 7.90. The highest BCUT2D eigenvalue weighted by Crippen LogP contribution is 2.49. The quantitative estimate of drug-likeness (QED) is 0.177. The molecular weight excluding hydrogens is 583 g/mol. The van der Waals surface area contributed by atoms with Gasteiger partial charge in [0, 0.05) is 33.9 Å². The topological polar surface area (TPSA) is 32.0 Å². The Labute approximate surface area is 283 Å². The third-order valence-electron chi connectivity index (χ3n) is 10.2. The molecule has 0 spiro atoms. The third kappa shape index (κ3) is 4.88. The number of hydrogen-bond donors (Lipinski definition) is 0. The second kappa shape index (κ2) is 12.2. The molecule has 3 aliphatic rings. The summed E-state index contributed by atoms with van der Waals surface area (Å²) in [5.41, 5.74) is 14.0. The Balaban J connectivity index is 1.21. The van der Waals surface area contributed by atoms with Gasteiger partial charge in [0.05, 0.1) is 22.8 Å². The monoisotopic (exact) mass is 621 g/mol. The van der Waals surface area contributed by atoms with Crippen molar-refractivity contribution in [1.82, 2.24) is 4.57 Å². The van der Waals surface area contributed by atoms with Crippen LogP contribution in [0.25, 0.3) is 33.8 Å². The van der Waals surface area contributed by atoms with Crippen LogP contribution in [0.1, 0.15) is 66.6 Å². The maximum absolute atomic E-state index is 10.2. The Bertz CT molecular complexity index is 2260. The minimum atomic E-state index is 0.252. The summed E-state index contributed by atoms with van der Waals surface area (Å²) in [5, 5.41) is 11.5. The normalized spacial score (nSPS) is 18.3. The van der Waals surface area contributed by atoms with E-state index in [9.17, 15) is 5.26 Å². The number of rotatable bonds is 6. The van der Waals surface area contributed by atoms with Crippen LogP contribution in [0.2, 0.25) is 0 Å². The first-order chi connectivity index (χ1) is 23.5. The van der Waals surface area contributed by atoms with Crippen molar-refractivity contribution in [3.63, 3.8) is 0 Å². The molecule has 8 rings (SSSR count). The number of anilines is 2. The van der Waals surface area contributed by atoms with Crippen LogP contribution in [0.5, 0.6) is 0 Å². The molecule has 2 heterocycles. The summed E-state index contributed by atoms with van der Waals surface area (Å²) < 4.78 is 2.29. The molecule has 4 aromatic carbocycles. The molecule has 0 N–H and O–H groups in total. The van der Waals surface area contributed by atoms with Crippen LogP contribution < -0.4 is 4.90 Å². The number of aryl methyl sites for hydroxylation is 1. The summed E-state index contributed by atoms with van der Waals surface area (Å²) in [5.74, 6) is 0.656. The second-order valence-corrected chi connectivity index (χ2v) is 13.4. The molecule has 48 heavy (non-hydrogen) atoms. The zero-order valence-corrected chi connectivity index (χ0v) is 27.8. The van der Waals surface area contributed by atoms with Crippen molar-refractivity contribution < 1.29 is 0 Å². The van der Waals surface area contributed by atoms with E-state index in [1.807, 2.05) is 6.07 Å². The van der Waals surface area contributed by atoms with Crippen LogP contribution in [0.4, 0.5) is 11.4 Å². The van der Waals surface area contributed by atoms with Crippen LogP contribution in [-0.2, 0) is 6.42 Å². The Morgan fingerprint density at radius 3 is 2.48 bits per heavy atom. The van der Waals surface area contributed by atoms with Gasteiger partial charge in [-0.15, -0.1) is 0 Å². The molecule has 3 nitrogen and oxygen atoms in total. The van der Waals surface area contributed by atoms with Gasteiger partial charge in [-0.25, -0.2) is 0 Å². The van der Waals surface area contributed by atoms with Gasteiger partial charge in [-0.3, -0.25) is 0 Å². The number of nitriles is 1. The van der Waals surface area contributed by atoms with E-state index in [0.29, 0.717) is 17.4 Å². The van der Waals surface area contributed by atoms with Gasteiger partial charge in [0.1, 0.15) is 6.07 Å². The molecule has 0 radical (unpaired) electrons. The van der Waals surface area contributed by atoms with E-state index in [1.165, 1.54) is 44.7 Å². The summed E-state index contributed by atoms with van der Waals surface area (Å²) >= 11 is 0. The largest absolute Gasteiger partial charge is 0.333 e. The molecule has 0 saturated heterocycles. The lowest BCUT2D eigenvalue weighted by molar-refractivity contribution is 0.743. The van der Waals surface area contributed by atoms with Crippen LogP contribution in [0.15, 0.2) is 134 Å². The lowest BCUT2D eigenvalue weighted by atomic mass is 9.90. The van der Waals surface area contributed by atoms with E-state index >= 15 is 0 Å². The number of aromatic nitrogens is 1. The first kappa shape index (κ1) is 29.8. The van der Waals surface area contributed by atoms with Crippen molar-refractivity contribution in [3.8, 4) is 11.8 Å². The summed E-state index contributed by atoms with van der Waals surface area (Å²) in [6, 6.07) is 35.3. The fourth-order valence-corrected chi connectivity index (χ4v) is 7.90. The zero-order valence-electron chi connectivity index (χ0n) is 27.8. The van der Waals surface area contributed by atoms with Crippen LogP contribution in [0, 0.1) is 17.2 Å². The van der Waals surface area contributed by atoms with Crippen molar-refractivity contribution in [3.05, 3.63) is 167 Å². The molecule has 0 saturated carbocycles. The van der Waals surface area contributed by atoms with Gasteiger partial charge >= 0.3 is 0 Å². The SMILES string of the molecule is C/C(=C\C=C(\c1ccccc1N1c2ccccc2C2C=CC=CC21)C(C)C)c1ccc(C#N)c(-n2c3c(c4ccccc42)CCC=C3)c1.